The van der Waals surface area contributed by atoms with Crippen LogP contribution >= 0.6 is 11.3 Å². The molecule has 1 aromatic heterocycles. The molecule has 1 rings (SSSR count). The molecule has 0 aliphatic heterocycles. The van der Waals surface area contributed by atoms with E-state index in [-0.39, 0.29) is 10.0 Å². The maximum Gasteiger partial charge on any atom is 0.393 e. The van der Waals surface area contributed by atoms with Gasteiger partial charge in [0.25, 0.3) is 0 Å². The van der Waals surface area contributed by atoms with E-state index >= 15 is 0 Å². The number of aromatic nitrogens is 1. The minimum atomic E-state index is -4.18. The van der Waals surface area contributed by atoms with E-state index in [1.54, 1.807) is 0 Å². The van der Waals surface area contributed by atoms with E-state index in [1.165, 1.54) is 6.92 Å². The third-order valence-corrected chi connectivity index (χ3v) is 2.26. The maximum absolute atomic E-state index is 11.9. The first kappa shape index (κ1) is 9.31. The van der Waals surface area contributed by atoms with Gasteiger partial charge in [-0.15, -0.1) is 11.3 Å². The molecular weight excluding hydrogens is 189 g/mol. The smallest absolute Gasteiger partial charge is 0.375 e. The molecule has 2 nitrogen and oxygen atoms in total. The number of nitrogen functional groups attached to an aromatic ring is 1. The van der Waals surface area contributed by atoms with Crippen LogP contribution in [0.25, 0.3) is 0 Å². The van der Waals surface area contributed by atoms with E-state index < -0.39 is 12.6 Å². The van der Waals surface area contributed by atoms with Gasteiger partial charge in [0, 0.05) is 4.88 Å². The lowest BCUT2D eigenvalue weighted by molar-refractivity contribution is -0.126. The number of alkyl halides is 3. The zero-order chi connectivity index (χ0) is 9.35. The lowest BCUT2D eigenvalue weighted by atomic mass is 10.3. The molecule has 1 heterocycles. The van der Waals surface area contributed by atoms with E-state index in [0.717, 1.165) is 11.3 Å². The monoisotopic (exact) mass is 196 g/mol. The first-order valence-corrected chi connectivity index (χ1v) is 3.98. The molecule has 0 amide bonds. The number of halogens is 3. The second-order valence-corrected chi connectivity index (χ2v) is 3.47. The topological polar surface area (TPSA) is 38.9 Å². The molecule has 2 N–H and O–H groups in total. The standard InChI is InChI=1S/C6H7F3N2S/c1-3-4(2-6(7,8)9)12-5(10)11-3/h2H2,1H3,(H2,10,11). The van der Waals surface area contributed by atoms with E-state index in [4.69, 9.17) is 5.73 Å². The quantitative estimate of drug-likeness (QED) is 0.747. The van der Waals surface area contributed by atoms with Crippen molar-refractivity contribution in [1.29, 1.82) is 0 Å². The summed E-state index contributed by atoms with van der Waals surface area (Å²) in [5.74, 6) is 0. The normalized spacial score (nSPS) is 12.0. The van der Waals surface area contributed by atoms with Crippen LogP contribution in [0.1, 0.15) is 10.6 Å². The van der Waals surface area contributed by atoms with Crippen LogP contribution in [0.4, 0.5) is 18.3 Å². The molecule has 0 unspecified atom stereocenters. The Bertz CT molecular complexity index is 279. The Morgan fingerprint density at radius 2 is 2.08 bits per heavy atom. The van der Waals surface area contributed by atoms with Gasteiger partial charge in [-0.25, -0.2) is 4.98 Å². The zero-order valence-electron chi connectivity index (χ0n) is 6.27. The van der Waals surface area contributed by atoms with Crippen LogP contribution in [0.2, 0.25) is 0 Å². The second kappa shape index (κ2) is 2.93. The summed E-state index contributed by atoms with van der Waals surface area (Å²) >= 11 is 0.888. The van der Waals surface area contributed by atoms with Crippen LogP contribution in [0.5, 0.6) is 0 Å². The Morgan fingerprint density at radius 1 is 1.50 bits per heavy atom. The fourth-order valence-electron chi connectivity index (χ4n) is 0.797. The van der Waals surface area contributed by atoms with Crippen LogP contribution in [-0.2, 0) is 6.42 Å². The molecule has 0 radical (unpaired) electrons. The number of nitrogens with zero attached hydrogens (tertiary/aromatic N) is 1. The number of aryl methyl sites for hydroxylation is 1. The lowest BCUT2D eigenvalue weighted by Gasteiger charge is -2.03. The van der Waals surface area contributed by atoms with Gasteiger partial charge in [0.2, 0.25) is 0 Å². The number of hydrogen-bond donors (Lipinski definition) is 1. The van der Waals surface area contributed by atoms with Gasteiger partial charge in [-0.2, -0.15) is 13.2 Å². The summed E-state index contributed by atoms with van der Waals surface area (Å²) in [6, 6.07) is 0. The van der Waals surface area contributed by atoms with Crippen LogP contribution in [-0.4, -0.2) is 11.2 Å². The van der Waals surface area contributed by atoms with Gasteiger partial charge in [-0.05, 0) is 6.92 Å². The lowest BCUT2D eigenvalue weighted by Crippen LogP contribution is -2.11. The van der Waals surface area contributed by atoms with Gasteiger partial charge in [0.15, 0.2) is 5.13 Å². The summed E-state index contributed by atoms with van der Waals surface area (Å²) in [5, 5.41) is 0.187. The molecule has 0 aromatic carbocycles. The Morgan fingerprint density at radius 3 is 2.42 bits per heavy atom. The molecule has 0 aliphatic carbocycles. The highest BCUT2D eigenvalue weighted by atomic mass is 32.1. The Kier molecular flexibility index (Phi) is 2.27. The maximum atomic E-state index is 11.9. The molecule has 0 aliphatic rings. The fourth-order valence-corrected chi connectivity index (χ4v) is 1.66. The number of hydrogen-bond acceptors (Lipinski definition) is 3. The molecular formula is C6H7F3N2S. The van der Waals surface area contributed by atoms with Crippen molar-refractivity contribution >= 4 is 16.5 Å². The van der Waals surface area contributed by atoms with Gasteiger partial charge in [0.05, 0.1) is 12.1 Å². The molecule has 0 atom stereocenters. The van der Waals surface area contributed by atoms with Gasteiger partial charge >= 0.3 is 6.18 Å². The van der Waals surface area contributed by atoms with Crippen molar-refractivity contribution in [3.8, 4) is 0 Å². The largest absolute Gasteiger partial charge is 0.393 e. The number of nitrogens with two attached hydrogens (primary N) is 1. The number of rotatable bonds is 1. The van der Waals surface area contributed by atoms with Crippen molar-refractivity contribution in [3.05, 3.63) is 10.6 Å². The molecule has 0 bridgehead atoms. The first-order chi connectivity index (χ1) is 5.38. The van der Waals surface area contributed by atoms with Crippen molar-refractivity contribution < 1.29 is 13.2 Å². The molecule has 68 valence electrons. The van der Waals surface area contributed by atoms with Crippen LogP contribution in [0.3, 0.4) is 0 Å². The molecule has 0 fully saturated rings. The van der Waals surface area contributed by atoms with Crippen LogP contribution in [0.15, 0.2) is 0 Å². The highest BCUT2D eigenvalue weighted by molar-refractivity contribution is 7.15. The predicted octanol–water partition coefficient (Wildman–Crippen LogP) is 2.14. The minimum absolute atomic E-state index is 0.187. The third kappa shape index (κ3) is 2.37. The van der Waals surface area contributed by atoms with Gasteiger partial charge in [-0.1, -0.05) is 0 Å². The summed E-state index contributed by atoms with van der Waals surface area (Å²) in [7, 11) is 0. The average Bonchev–Trinajstić information content (AvgIpc) is 2.06. The highest BCUT2D eigenvalue weighted by Crippen LogP contribution is 2.28. The summed E-state index contributed by atoms with van der Waals surface area (Å²) < 4.78 is 35.6. The summed E-state index contributed by atoms with van der Waals surface area (Å²) in [4.78, 5) is 3.89. The van der Waals surface area contributed by atoms with Crippen LogP contribution in [0, 0.1) is 6.92 Å². The minimum Gasteiger partial charge on any atom is -0.375 e. The van der Waals surface area contributed by atoms with Crippen molar-refractivity contribution in [2.45, 2.75) is 19.5 Å². The summed E-state index contributed by atoms with van der Waals surface area (Å²) in [6.45, 7) is 1.52. The van der Waals surface area contributed by atoms with Crippen molar-refractivity contribution in [3.63, 3.8) is 0 Å². The van der Waals surface area contributed by atoms with Crippen molar-refractivity contribution in [1.82, 2.24) is 4.98 Å². The second-order valence-electron chi connectivity index (χ2n) is 2.35. The van der Waals surface area contributed by atoms with Gasteiger partial charge in [-0.3, -0.25) is 0 Å². The van der Waals surface area contributed by atoms with Gasteiger partial charge < -0.3 is 5.73 Å². The predicted molar refractivity (Wildman–Crippen MR) is 41.0 cm³/mol. The number of anilines is 1. The summed E-state index contributed by atoms with van der Waals surface area (Å²) in [6.07, 6.45) is -5.11. The van der Waals surface area contributed by atoms with Crippen LogP contribution < -0.4 is 5.73 Å². The molecule has 12 heavy (non-hydrogen) atoms. The van der Waals surface area contributed by atoms with Crippen molar-refractivity contribution in [2.75, 3.05) is 5.73 Å². The molecule has 6 heteroatoms. The van der Waals surface area contributed by atoms with Crippen molar-refractivity contribution in [2.24, 2.45) is 0 Å². The van der Waals surface area contributed by atoms with E-state index in [1.807, 2.05) is 0 Å². The van der Waals surface area contributed by atoms with E-state index in [9.17, 15) is 13.2 Å². The molecule has 0 saturated heterocycles. The number of thiazole rings is 1. The Balaban J connectivity index is 2.82. The average molecular weight is 196 g/mol. The van der Waals surface area contributed by atoms with Gasteiger partial charge in [0.1, 0.15) is 0 Å². The Labute approximate surface area is 71.2 Å². The fraction of sp³-hybridized carbons (Fsp3) is 0.500. The molecule has 0 saturated carbocycles. The zero-order valence-corrected chi connectivity index (χ0v) is 7.09. The first-order valence-electron chi connectivity index (χ1n) is 3.17. The third-order valence-electron chi connectivity index (χ3n) is 1.27. The molecule has 0 spiro atoms. The Hall–Kier alpha value is -0.780. The molecule has 1 aromatic rings. The summed E-state index contributed by atoms with van der Waals surface area (Å²) in [5.41, 5.74) is 5.61. The van der Waals surface area contributed by atoms with E-state index in [0.29, 0.717) is 5.69 Å². The van der Waals surface area contributed by atoms with E-state index in [2.05, 4.69) is 4.98 Å². The highest BCUT2D eigenvalue weighted by Gasteiger charge is 2.29. The SMILES string of the molecule is Cc1nc(N)sc1CC(F)(F)F.